The maximum absolute atomic E-state index is 11.8. The molecular formula is C10H17NO3. The van der Waals surface area contributed by atoms with Gasteiger partial charge in [-0.05, 0) is 13.3 Å². The molecule has 1 aliphatic rings. The zero-order valence-electron chi connectivity index (χ0n) is 8.91. The number of carbonyl (C=O) groups excluding carboxylic acids is 1. The first-order valence-electron chi connectivity index (χ1n) is 4.87. The highest BCUT2D eigenvalue weighted by Gasteiger charge is 2.40. The second kappa shape index (κ2) is 3.59. The molecule has 0 bridgehead atoms. The van der Waals surface area contributed by atoms with E-state index in [-0.39, 0.29) is 23.8 Å². The molecule has 14 heavy (non-hydrogen) atoms. The van der Waals surface area contributed by atoms with Crippen LogP contribution in [0, 0.1) is 5.41 Å². The molecule has 1 N–H and O–H groups in total. The summed E-state index contributed by atoms with van der Waals surface area (Å²) in [5, 5.41) is 8.62. The third-order valence-corrected chi connectivity index (χ3v) is 2.82. The summed E-state index contributed by atoms with van der Waals surface area (Å²) in [6.07, 6.45) is 0.845. The molecule has 0 spiro atoms. The van der Waals surface area contributed by atoms with Crippen molar-refractivity contribution in [1.82, 2.24) is 4.90 Å². The van der Waals surface area contributed by atoms with Crippen molar-refractivity contribution in [3.63, 3.8) is 0 Å². The van der Waals surface area contributed by atoms with Crippen LogP contribution in [0.3, 0.4) is 0 Å². The average Bonchev–Trinajstić information content (AvgIpc) is 2.26. The van der Waals surface area contributed by atoms with Gasteiger partial charge in [-0.15, -0.1) is 0 Å². The Labute approximate surface area is 83.9 Å². The lowest BCUT2D eigenvalue weighted by atomic mass is 9.92. The second-order valence-corrected chi connectivity index (χ2v) is 4.58. The molecular weight excluding hydrogens is 182 g/mol. The number of hydrogen-bond acceptors (Lipinski definition) is 2. The molecule has 1 rings (SSSR count). The van der Waals surface area contributed by atoms with Crippen LogP contribution in [-0.4, -0.2) is 34.5 Å². The molecule has 0 radical (unpaired) electrons. The lowest BCUT2D eigenvalue weighted by Crippen LogP contribution is -2.38. The van der Waals surface area contributed by atoms with Gasteiger partial charge in [-0.2, -0.15) is 0 Å². The average molecular weight is 199 g/mol. The molecule has 1 atom stereocenters. The highest BCUT2D eigenvalue weighted by Crippen LogP contribution is 2.32. The van der Waals surface area contributed by atoms with Crippen LogP contribution in [0.5, 0.6) is 0 Å². The van der Waals surface area contributed by atoms with Crippen molar-refractivity contribution in [3.05, 3.63) is 0 Å². The van der Waals surface area contributed by atoms with Gasteiger partial charge in [0, 0.05) is 18.0 Å². The van der Waals surface area contributed by atoms with Crippen LogP contribution in [0.2, 0.25) is 0 Å². The molecule has 80 valence electrons. The van der Waals surface area contributed by atoms with Gasteiger partial charge in [-0.3, -0.25) is 9.59 Å². The van der Waals surface area contributed by atoms with Gasteiger partial charge < -0.3 is 10.0 Å². The van der Waals surface area contributed by atoms with Crippen LogP contribution in [0.4, 0.5) is 0 Å². The summed E-state index contributed by atoms with van der Waals surface area (Å²) >= 11 is 0. The largest absolute Gasteiger partial charge is 0.481 e. The van der Waals surface area contributed by atoms with Crippen molar-refractivity contribution in [2.45, 2.75) is 39.7 Å². The smallest absolute Gasteiger partial charge is 0.305 e. The van der Waals surface area contributed by atoms with E-state index >= 15 is 0 Å². The molecule has 1 saturated heterocycles. The first kappa shape index (κ1) is 11.0. The van der Waals surface area contributed by atoms with E-state index in [2.05, 4.69) is 0 Å². The molecule has 0 aromatic rings. The number of carboxylic acid groups (broad SMARTS) is 1. The second-order valence-electron chi connectivity index (χ2n) is 4.58. The molecule has 0 aliphatic carbocycles. The summed E-state index contributed by atoms with van der Waals surface area (Å²) in [6.45, 7) is 6.28. The van der Waals surface area contributed by atoms with Crippen LogP contribution in [0.25, 0.3) is 0 Å². The van der Waals surface area contributed by atoms with Crippen LogP contribution < -0.4 is 0 Å². The Kier molecular flexibility index (Phi) is 2.83. The van der Waals surface area contributed by atoms with E-state index < -0.39 is 5.97 Å². The van der Waals surface area contributed by atoms with Gasteiger partial charge in [0.15, 0.2) is 0 Å². The minimum Gasteiger partial charge on any atom is -0.481 e. The Morgan fingerprint density at radius 1 is 1.64 bits per heavy atom. The van der Waals surface area contributed by atoms with Gasteiger partial charge in [0.2, 0.25) is 5.91 Å². The molecule has 0 aromatic heterocycles. The van der Waals surface area contributed by atoms with E-state index in [0.717, 1.165) is 6.42 Å². The molecule has 1 unspecified atom stereocenters. The number of carbonyl (C=O) groups is 2. The minimum atomic E-state index is -0.852. The minimum absolute atomic E-state index is 0.0296. The third kappa shape index (κ3) is 2.05. The zero-order chi connectivity index (χ0) is 10.9. The van der Waals surface area contributed by atoms with E-state index in [1.54, 1.807) is 11.8 Å². The number of rotatable bonds is 3. The number of hydrogen-bond donors (Lipinski definition) is 1. The Balaban J connectivity index is 2.63. The van der Waals surface area contributed by atoms with Crippen molar-refractivity contribution in [1.29, 1.82) is 0 Å². The van der Waals surface area contributed by atoms with Gasteiger partial charge in [0.25, 0.3) is 0 Å². The first-order valence-corrected chi connectivity index (χ1v) is 4.87. The van der Waals surface area contributed by atoms with Gasteiger partial charge in [-0.25, -0.2) is 0 Å². The van der Waals surface area contributed by atoms with Crippen LogP contribution >= 0.6 is 0 Å². The summed E-state index contributed by atoms with van der Waals surface area (Å²) in [6, 6.07) is -0.193. The summed E-state index contributed by atoms with van der Waals surface area (Å²) in [4.78, 5) is 24.0. The SMILES string of the molecule is CC(CC(=O)O)N1CCC(C)(C)C1=O. The fourth-order valence-corrected chi connectivity index (χ4v) is 1.78. The predicted molar refractivity (Wildman–Crippen MR) is 51.8 cm³/mol. The van der Waals surface area contributed by atoms with Gasteiger partial charge in [0.1, 0.15) is 0 Å². The normalized spacial score (nSPS) is 22.5. The van der Waals surface area contributed by atoms with E-state index in [1.807, 2.05) is 13.8 Å². The topological polar surface area (TPSA) is 57.6 Å². The lowest BCUT2D eigenvalue weighted by Gasteiger charge is -2.25. The summed E-state index contributed by atoms with van der Waals surface area (Å²) in [5.41, 5.74) is -0.313. The van der Waals surface area contributed by atoms with Crippen molar-refractivity contribution < 1.29 is 14.7 Å². The number of amides is 1. The predicted octanol–water partition coefficient (Wildman–Crippen LogP) is 1.11. The van der Waals surface area contributed by atoms with E-state index in [9.17, 15) is 9.59 Å². The van der Waals surface area contributed by atoms with Crippen LogP contribution in [0.15, 0.2) is 0 Å². The zero-order valence-corrected chi connectivity index (χ0v) is 8.91. The number of nitrogens with zero attached hydrogens (tertiary/aromatic N) is 1. The van der Waals surface area contributed by atoms with Crippen molar-refractivity contribution in [3.8, 4) is 0 Å². The number of aliphatic carboxylic acids is 1. The van der Waals surface area contributed by atoms with Crippen LogP contribution in [0.1, 0.15) is 33.6 Å². The van der Waals surface area contributed by atoms with Gasteiger partial charge in [-0.1, -0.05) is 13.8 Å². The Bertz CT molecular complexity index is 260. The van der Waals surface area contributed by atoms with Crippen molar-refractivity contribution in [2.75, 3.05) is 6.54 Å². The highest BCUT2D eigenvalue weighted by atomic mass is 16.4. The molecule has 1 amide bonds. The quantitative estimate of drug-likeness (QED) is 0.740. The Morgan fingerprint density at radius 2 is 2.21 bits per heavy atom. The standard InChI is InChI=1S/C10H17NO3/c1-7(6-8(12)13)11-5-4-10(2,3)9(11)14/h7H,4-6H2,1-3H3,(H,12,13). The maximum atomic E-state index is 11.8. The maximum Gasteiger partial charge on any atom is 0.305 e. The number of likely N-dealkylation sites (tertiary alicyclic amines) is 1. The van der Waals surface area contributed by atoms with Gasteiger partial charge >= 0.3 is 5.97 Å². The fourth-order valence-electron chi connectivity index (χ4n) is 1.78. The molecule has 1 fully saturated rings. The Hall–Kier alpha value is -1.06. The summed E-state index contributed by atoms with van der Waals surface area (Å²) in [5.74, 6) is -0.777. The third-order valence-electron chi connectivity index (χ3n) is 2.82. The highest BCUT2D eigenvalue weighted by molar-refractivity contribution is 5.84. The van der Waals surface area contributed by atoms with E-state index in [0.29, 0.717) is 6.54 Å². The fraction of sp³-hybridized carbons (Fsp3) is 0.800. The van der Waals surface area contributed by atoms with E-state index in [1.165, 1.54) is 0 Å². The summed E-state index contributed by atoms with van der Waals surface area (Å²) < 4.78 is 0. The molecule has 0 saturated carbocycles. The van der Waals surface area contributed by atoms with Crippen molar-refractivity contribution in [2.24, 2.45) is 5.41 Å². The van der Waals surface area contributed by atoms with Crippen LogP contribution in [-0.2, 0) is 9.59 Å². The monoisotopic (exact) mass is 199 g/mol. The first-order chi connectivity index (χ1) is 6.34. The van der Waals surface area contributed by atoms with Gasteiger partial charge in [0.05, 0.1) is 6.42 Å². The molecule has 4 nitrogen and oxygen atoms in total. The molecule has 1 heterocycles. The number of carboxylic acids is 1. The molecule has 0 aromatic carbocycles. The van der Waals surface area contributed by atoms with E-state index in [4.69, 9.17) is 5.11 Å². The molecule has 4 heteroatoms. The Morgan fingerprint density at radius 3 is 2.57 bits per heavy atom. The van der Waals surface area contributed by atoms with Crippen molar-refractivity contribution >= 4 is 11.9 Å². The molecule has 1 aliphatic heterocycles. The summed E-state index contributed by atoms with van der Waals surface area (Å²) in [7, 11) is 0. The lowest BCUT2D eigenvalue weighted by molar-refractivity contribution is -0.141.